The highest BCUT2D eigenvalue weighted by atomic mass is 32.2. The van der Waals surface area contributed by atoms with Crippen LogP contribution in [0.2, 0.25) is 0 Å². The fourth-order valence-electron chi connectivity index (χ4n) is 2.94. The summed E-state index contributed by atoms with van der Waals surface area (Å²) in [6.07, 6.45) is 1.57. The number of non-ortho nitro benzene ring substituents is 1. The summed E-state index contributed by atoms with van der Waals surface area (Å²) in [6.45, 7) is 0.352. The van der Waals surface area contributed by atoms with E-state index in [0.717, 1.165) is 5.56 Å². The Morgan fingerprint density at radius 2 is 1.97 bits per heavy atom. The minimum Gasteiger partial charge on any atom is -0.508 e. The van der Waals surface area contributed by atoms with Crippen molar-refractivity contribution in [2.75, 3.05) is 11.1 Å². The lowest BCUT2D eigenvalue weighted by atomic mass is 10.2. The van der Waals surface area contributed by atoms with Gasteiger partial charge in [-0.25, -0.2) is 0 Å². The Hall–Kier alpha value is -4.12. The van der Waals surface area contributed by atoms with E-state index in [1.165, 1.54) is 30.0 Å². The number of hydrogen-bond donors (Lipinski definition) is 2. The number of amides is 1. The standard InChI is InChI=1S/C21H17N5O5S/c27-17-8-6-14(7-9-17)20-23-24-21(25(20)12-18-5-2-10-31-18)32-13-19(28)22-15-3-1-4-16(11-15)26(29)30/h1-11,27H,12-13H2,(H,22,28). The number of nitro groups is 1. The summed E-state index contributed by atoms with van der Waals surface area (Å²) < 4.78 is 7.26. The maximum Gasteiger partial charge on any atom is 0.271 e. The van der Waals surface area contributed by atoms with Crippen molar-refractivity contribution in [3.63, 3.8) is 0 Å². The highest BCUT2D eigenvalue weighted by Crippen LogP contribution is 2.27. The second-order valence-corrected chi connectivity index (χ2v) is 7.61. The van der Waals surface area contributed by atoms with Crippen LogP contribution in [-0.4, -0.2) is 36.5 Å². The molecule has 0 aliphatic heterocycles. The van der Waals surface area contributed by atoms with Crippen molar-refractivity contribution in [3.8, 4) is 17.1 Å². The van der Waals surface area contributed by atoms with Gasteiger partial charge >= 0.3 is 0 Å². The topological polar surface area (TPSA) is 136 Å². The molecule has 0 unspecified atom stereocenters. The zero-order chi connectivity index (χ0) is 22.5. The van der Waals surface area contributed by atoms with Crippen LogP contribution in [0.3, 0.4) is 0 Å². The summed E-state index contributed by atoms with van der Waals surface area (Å²) in [6, 6.07) is 15.9. The zero-order valence-corrected chi connectivity index (χ0v) is 17.4. The average molecular weight is 451 g/mol. The first-order chi connectivity index (χ1) is 15.5. The number of rotatable bonds is 8. The summed E-state index contributed by atoms with van der Waals surface area (Å²) >= 11 is 1.18. The Kier molecular flexibility index (Phi) is 6.17. The molecule has 1 amide bonds. The van der Waals surface area contributed by atoms with E-state index in [2.05, 4.69) is 15.5 Å². The second-order valence-electron chi connectivity index (χ2n) is 6.66. The predicted octanol–water partition coefficient (Wildman–Crippen LogP) is 3.93. The minimum atomic E-state index is -0.521. The number of thioether (sulfide) groups is 1. The molecule has 2 N–H and O–H groups in total. The van der Waals surface area contributed by atoms with E-state index in [4.69, 9.17) is 4.42 Å². The van der Waals surface area contributed by atoms with E-state index in [1.54, 1.807) is 42.7 Å². The van der Waals surface area contributed by atoms with E-state index in [0.29, 0.717) is 29.0 Å². The largest absolute Gasteiger partial charge is 0.508 e. The Bertz CT molecular complexity index is 1240. The van der Waals surface area contributed by atoms with Gasteiger partial charge in [-0.05, 0) is 42.5 Å². The lowest BCUT2D eigenvalue weighted by molar-refractivity contribution is -0.384. The molecule has 0 atom stereocenters. The van der Waals surface area contributed by atoms with E-state index in [1.807, 2.05) is 10.6 Å². The van der Waals surface area contributed by atoms with Crippen LogP contribution in [0.15, 0.2) is 76.5 Å². The maximum atomic E-state index is 12.4. The average Bonchev–Trinajstić information content (AvgIpc) is 3.44. The number of phenols is 1. The van der Waals surface area contributed by atoms with Gasteiger partial charge in [0, 0.05) is 23.4 Å². The van der Waals surface area contributed by atoms with Crippen LogP contribution in [0.25, 0.3) is 11.4 Å². The smallest absolute Gasteiger partial charge is 0.271 e. The molecule has 0 aliphatic carbocycles. The third kappa shape index (κ3) is 4.95. The molecule has 162 valence electrons. The number of carbonyl (C=O) groups is 1. The predicted molar refractivity (Wildman–Crippen MR) is 117 cm³/mol. The van der Waals surface area contributed by atoms with Crippen molar-refractivity contribution in [3.05, 3.63) is 82.8 Å². The van der Waals surface area contributed by atoms with Gasteiger partial charge in [-0.15, -0.1) is 10.2 Å². The van der Waals surface area contributed by atoms with Gasteiger partial charge in [0.25, 0.3) is 5.69 Å². The number of nitrogens with one attached hydrogen (secondary N) is 1. The van der Waals surface area contributed by atoms with Gasteiger partial charge in [0.2, 0.25) is 5.91 Å². The Labute approximate surface area is 186 Å². The van der Waals surface area contributed by atoms with Crippen molar-refractivity contribution in [2.45, 2.75) is 11.7 Å². The molecule has 11 heteroatoms. The summed E-state index contributed by atoms with van der Waals surface area (Å²) in [7, 11) is 0. The number of nitro benzene ring substituents is 1. The van der Waals surface area contributed by atoms with E-state index >= 15 is 0 Å². The Morgan fingerprint density at radius 3 is 2.69 bits per heavy atom. The molecule has 0 saturated carbocycles. The number of nitrogens with zero attached hydrogens (tertiary/aromatic N) is 4. The molecule has 4 rings (SSSR count). The molecule has 10 nitrogen and oxygen atoms in total. The zero-order valence-electron chi connectivity index (χ0n) is 16.5. The lowest BCUT2D eigenvalue weighted by Gasteiger charge is -2.09. The third-order valence-corrected chi connectivity index (χ3v) is 5.38. The SMILES string of the molecule is O=C(CSc1nnc(-c2ccc(O)cc2)n1Cc1ccco1)Nc1cccc([N+](=O)[O-])c1. The fraction of sp³-hybridized carbons (Fsp3) is 0.0952. The highest BCUT2D eigenvalue weighted by molar-refractivity contribution is 7.99. The molecule has 0 saturated heterocycles. The van der Waals surface area contributed by atoms with Crippen molar-refractivity contribution >= 4 is 29.0 Å². The molecule has 0 aliphatic rings. The van der Waals surface area contributed by atoms with E-state index in [9.17, 15) is 20.0 Å². The first-order valence-corrected chi connectivity index (χ1v) is 10.4. The van der Waals surface area contributed by atoms with Crippen molar-refractivity contribution in [2.24, 2.45) is 0 Å². The normalized spacial score (nSPS) is 10.8. The second kappa shape index (κ2) is 9.35. The molecule has 0 fully saturated rings. The molecule has 2 aromatic carbocycles. The molecule has 0 radical (unpaired) electrons. The molecule has 32 heavy (non-hydrogen) atoms. The summed E-state index contributed by atoms with van der Waals surface area (Å²) in [5.74, 6) is 1.07. The minimum absolute atomic E-state index is 0.0224. The molecule has 4 aromatic rings. The molecule has 0 bridgehead atoms. The Balaban J connectivity index is 1.51. The highest BCUT2D eigenvalue weighted by Gasteiger charge is 2.17. The lowest BCUT2D eigenvalue weighted by Crippen LogP contribution is -2.15. The first-order valence-electron chi connectivity index (χ1n) is 9.41. The monoisotopic (exact) mass is 451 g/mol. The van der Waals surface area contributed by atoms with Crippen LogP contribution in [0.4, 0.5) is 11.4 Å². The van der Waals surface area contributed by atoms with Crippen LogP contribution in [0.5, 0.6) is 5.75 Å². The summed E-state index contributed by atoms with van der Waals surface area (Å²) in [5, 5.41) is 32.1. The number of aromatic nitrogens is 3. The van der Waals surface area contributed by atoms with Gasteiger partial charge in [0.1, 0.15) is 11.5 Å². The number of furan rings is 1. The van der Waals surface area contributed by atoms with Crippen LogP contribution in [0.1, 0.15) is 5.76 Å². The summed E-state index contributed by atoms with van der Waals surface area (Å²) in [4.78, 5) is 22.8. The van der Waals surface area contributed by atoms with Crippen molar-refractivity contribution in [1.29, 1.82) is 0 Å². The quantitative estimate of drug-likeness (QED) is 0.234. The van der Waals surface area contributed by atoms with Gasteiger partial charge in [-0.1, -0.05) is 17.8 Å². The van der Waals surface area contributed by atoms with Crippen molar-refractivity contribution in [1.82, 2.24) is 14.8 Å². The Morgan fingerprint density at radius 1 is 1.16 bits per heavy atom. The van der Waals surface area contributed by atoms with E-state index in [-0.39, 0.29) is 23.1 Å². The number of benzene rings is 2. The first kappa shape index (κ1) is 21.1. The number of hydrogen-bond acceptors (Lipinski definition) is 8. The molecular weight excluding hydrogens is 434 g/mol. The van der Waals surface area contributed by atoms with Gasteiger partial charge in [-0.2, -0.15) is 0 Å². The fourth-order valence-corrected chi connectivity index (χ4v) is 3.68. The van der Waals surface area contributed by atoms with Gasteiger partial charge in [0.05, 0.1) is 23.5 Å². The van der Waals surface area contributed by atoms with Crippen LogP contribution < -0.4 is 5.32 Å². The number of anilines is 1. The van der Waals surface area contributed by atoms with Gasteiger partial charge < -0.3 is 14.8 Å². The van der Waals surface area contributed by atoms with Gasteiger partial charge in [-0.3, -0.25) is 19.5 Å². The summed E-state index contributed by atoms with van der Waals surface area (Å²) in [5.41, 5.74) is 0.980. The third-order valence-electron chi connectivity index (χ3n) is 4.41. The van der Waals surface area contributed by atoms with Gasteiger partial charge in [0.15, 0.2) is 11.0 Å². The van der Waals surface area contributed by atoms with Crippen molar-refractivity contribution < 1.29 is 19.2 Å². The van der Waals surface area contributed by atoms with Crippen LogP contribution in [0, 0.1) is 10.1 Å². The number of aromatic hydroxyl groups is 1. The van der Waals surface area contributed by atoms with Crippen LogP contribution in [-0.2, 0) is 11.3 Å². The number of carbonyl (C=O) groups excluding carboxylic acids is 1. The molecular formula is C21H17N5O5S. The van der Waals surface area contributed by atoms with Crippen LogP contribution >= 0.6 is 11.8 Å². The molecule has 2 aromatic heterocycles. The number of phenolic OH excluding ortho intramolecular Hbond substituents is 1. The van der Waals surface area contributed by atoms with E-state index < -0.39 is 4.92 Å². The molecule has 0 spiro atoms. The maximum absolute atomic E-state index is 12.4. The molecule has 2 heterocycles.